The van der Waals surface area contributed by atoms with Gasteiger partial charge in [-0.3, -0.25) is 9.59 Å². The van der Waals surface area contributed by atoms with Crippen LogP contribution in [0.15, 0.2) is 65.4 Å². The molecule has 2 amide bonds. The lowest BCUT2D eigenvalue weighted by atomic mass is 10.2. The average molecular weight is 351 g/mol. The Kier molecular flexibility index (Phi) is 5.28. The highest BCUT2D eigenvalue weighted by Gasteiger charge is 2.14. The number of nitrogens with one attached hydrogen (secondary N) is 2. The molecule has 0 aliphatic carbocycles. The van der Waals surface area contributed by atoms with E-state index in [1.54, 1.807) is 54.7 Å². The summed E-state index contributed by atoms with van der Waals surface area (Å²) >= 11 is 0. The second-order valence-electron chi connectivity index (χ2n) is 5.25. The number of carbonyl (C=O) groups excluding carboxylic acids is 2. The summed E-state index contributed by atoms with van der Waals surface area (Å²) in [4.78, 5) is 28.4. The number of anilines is 2. The van der Waals surface area contributed by atoms with Crippen LogP contribution in [-0.2, 0) is 0 Å². The van der Waals surface area contributed by atoms with Crippen LogP contribution in [0.5, 0.6) is 5.88 Å². The minimum atomic E-state index is -0.344. The van der Waals surface area contributed by atoms with Crippen molar-refractivity contribution in [3.63, 3.8) is 0 Å². The Balaban J connectivity index is 1.66. The summed E-state index contributed by atoms with van der Waals surface area (Å²) in [5.74, 6) is -0.158. The molecule has 0 aliphatic heterocycles. The quantitative estimate of drug-likeness (QED) is 0.708. The van der Waals surface area contributed by atoms with Crippen LogP contribution in [0, 0.1) is 0 Å². The van der Waals surface area contributed by atoms with E-state index in [1.165, 1.54) is 6.26 Å². The molecule has 3 rings (SSSR count). The first-order valence-corrected chi connectivity index (χ1v) is 8.01. The predicted octanol–water partition coefficient (Wildman–Crippen LogP) is 3.58. The van der Waals surface area contributed by atoms with Crippen LogP contribution < -0.4 is 15.4 Å². The SMILES string of the molecule is CCOc1ncccc1C(=O)Nc1ccc(NC(=O)c2ccco2)cc1. The first-order chi connectivity index (χ1) is 12.7. The molecule has 0 spiro atoms. The highest BCUT2D eigenvalue weighted by molar-refractivity contribution is 6.06. The topological polar surface area (TPSA) is 93.5 Å². The minimum Gasteiger partial charge on any atom is -0.477 e. The van der Waals surface area contributed by atoms with Gasteiger partial charge in [0.1, 0.15) is 5.56 Å². The van der Waals surface area contributed by atoms with Crippen LogP contribution in [0.4, 0.5) is 11.4 Å². The molecule has 7 nitrogen and oxygen atoms in total. The van der Waals surface area contributed by atoms with E-state index in [4.69, 9.17) is 9.15 Å². The summed E-state index contributed by atoms with van der Waals surface area (Å²) in [6.07, 6.45) is 3.00. The number of aromatic nitrogens is 1. The fourth-order valence-corrected chi connectivity index (χ4v) is 2.25. The lowest BCUT2D eigenvalue weighted by Crippen LogP contribution is -2.14. The zero-order chi connectivity index (χ0) is 18.4. The van der Waals surface area contributed by atoms with E-state index >= 15 is 0 Å². The normalized spacial score (nSPS) is 10.2. The zero-order valence-corrected chi connectivity index (χ0v) is 14.1. The lowest BCUT2D eigenvalue weighted by Gasteiger charge is -2.10. The first kappa shape index (κ1) is 17.2. The van der Waals surface area contributed by atoms with Crippen LogP contribution in [0.1, 0.15) is 27.8 Å². The van der Waals surface area contributed by atoms with E-state index in [0.717, 1.165) is 0 Å². The molecule has 0 fully saturated rings. The van der Waals surface area contributed by atoms with Gasteiger partial charge in [-0.2, -0.15) is 0 Å². The third-order valence-electron chi connectivity index (χ3n) is 3.44. The summed E-state index contributed by atoms with van der Waals surface area (Å²) in [6, 6.07) is 13.3. The van der Waals surface area contributed by atoms with Crippen molar-refractivity contribution in [1.82, 2.24) is 4.98 Å². The number of hydrogen-bond donors (Lipinski definition) is 2. The van der Waals surface area contributed by atoms with Crippen molar-refractivity contribution in [2.24, 2.45) is 0 Å². The maximum Gasteiger partial charge on any atom is 0.291 e. The molecule has 0 unspecified atom stereocenters. The monoisotopic (exact) mass is 351 g/mol. The van der Waals surface area contributed by atoms with Crippen molar-refractivity contribution >= 4 is 23.2 Å². The van der Waals surface area contributed by atoms with E-state index in [2.05, 4.69) is 15.6 Å². The smallest absolute Gasteiger partial charge is 0.291 e. The highest BCUT2D eigenvalue weighted by Crippen LogP contribution is 2.19. The summed E-state index contributed by atoms with van der Waals surface area (Å²) in [5, 5.41) is 5.48. The number of pyridine rings is 1. The molecule has 1 aromatic carbocycles. The summed E-state index contributed by atoms with van der Waals surface area (Å²) in [7, 11) is 0. The molecular formula is C19H17N3O4. The third-order valence-corrected chi connectivity index (χ3v) is 3.44. The van der Waals surface area contributed by atoms with Crippen LogP contribution in [0.2, 0.25) is 0 Å². The average Bonchev–Trinajstić information content (AvgIpc) is 3.19. The standard InChI is InChI=1S/C19H17N3O4/c1-2-25-19-15(5-3-11-20-19)17(23)21-13-7-9-14(10-8-13)22-18(24)16-6-4-12-26-16/h3-12H,2H2,1H3,(H,21,23)(H,22,24). The summed E-state index contributed by atoms with van der Waals surface area (Å²) in [6.45, 7) is 2.24. The van der Waals surface area contributed by atoms with Gasteiger partial charge >= 0.3 is 0 Å². The van der Waals surface area contributed by atoms with Crippen molar-refractivity contribution in [2.75, 3.05) is 17.2 Å². The third kappa shape index (κ3) is 4.07. The number of nitrogens with zero attached hydrogens (tertiary/aromatic N) is 1. The van der Waals surface area contributed by atoms with Crippen LogP contribution in [0.25, 0.3) is 0 Å². The fourth-order valence-electron chi connectivity index (χ4n) is 2.25. The molecule has 132 valence electrons. The largest absolute Gasteiger partial charge is 0.477 e. The number of amides is 2. The van der Waals surface area contributed by atoms with Crippen molar-refractivity contribution in [3.05, 3.63) is 72.3 Å². The number of rotatable bonds is 6. The van der Waals surface area contributed by atoms with Gasteiger partial charge in [-0.05, 0) is 55.5 Å². The van der Waals surface area contributed by atoms with Gasteiger partial charge < -0.3 is 19.8 Å². The van der Waals surface area contributed by atoms with E-state index in [0.29, 0.717) is 23.5 Å². The number of ether oxygens (including phenoxy) is 1. The van der Waals surface area contributed by atoms with Crippen LogP contribution >= 0.6 is 0 Å². The Bertz CT molecular complexity index is 889. The molecule has 2 aromatic heterocycles. The van der Waals surface area contributed by atoms with E-state index in [9.17, 15) is 9.59 Å². The Hall–Kier alpha value is -3.61. The van der Waals surface area contributed by atoms with Gasteiger partial charge in [0, 0.05) is 17.6 Å². The minimum absolute atomic E-state index is 0.224. The molecule has 0 saturated heterocycles. The number of hydrogen-bond acceptors (Lipinski definition) is 5. The molecule has 2 heterocycles. The molecule has 0 aliphatic rings. The Labute approximate surface area is 150 Å². The van der Waals surface area contributed by atoms with Crippen LogP contribution in [-0.4, -0.2) is 23.4 Å². The van der Waals surface area contributed by atoms with Gasteiger partial charge in [-0.25, -0.2) is 4.98 Å². The molecule has 3 aromatic rings. The Morgan fingerprint density at radius 3 is 2.31 bits per heavy atom. The van der Waals surface area contributed by atoms with Gasteiger partial charge in [0.2, 0.25) is 5.88 Å². The summed E-state index contributed by atoms with van der Waals surface area (Å²) < 4.78 is 10.4. The van der Waals surface area contributed by atoms with E-state index in [1.807, 2.05) is 6.92 Å². The molecule has 0 saturated carbocycles. The highest BCUT2D eigenvalue weighted by atomic mass is 16.5. The molecule has 0 radical (unpaired) electrons. The number of benzene rings is 1. The molecule has 26 heavy (non-hydrogen) atoms. The van der Waals surface area contributed by atoms with Crippen molar-refractivity contribution < 1.29 is 18.7 Å². The van der Waals surface area contributed by atoms with Gasteiger partial charge in [0.25, 0.3) is 11.8 Å². The fraction of sp³-hybridized carbons (Fsp3) is 0.105. The van der Waals surface area contributed by atoms with Gasteiger partial charge in [-0.15, -0.1) is 0 Å². The van der Waals surface area contributed by atoms with Gasteiger partial charge in [0.15, 0.2) is 5.76 Å². The molecular weight excluding hydrogens is 334 g/mol. The lowest BCUT2D eigenvalue weighted by molar-refractivity contribution is 0.0994. The van der Waals surface area contributed by atoms with Crippen molar-refractivity contribution in [2.45, 2.75) is 6.92 Å². The predicted molar refractivity (Wildman–Crippen MR) is 96.5 cm³/mol. The first-order valence-electron chi connectivity index (χ1n) is 8.01. The zero-order valence-electron chi connectivity index (χ0n) is 14.1. The second-order valence-corrected chi connectivity index (χ2v) is 5.25. The van der Waals surface area contributed by atoms with Gasteiger partial charge in [0.05, 0.1) is 12.9 Å². The second kappa shape index (κ2) is 7.98. The Morgan fingerprint density at radius 2 is 1.69 bits per heavy atom. The number of furan rings is 1. The Morgan fingerprint density at radius 1 is 1.00 bits per heavy atom. The maximum absolute atomic E-state index is 12.4. The van der Waals surface area contributed by atoms with Crippen LogP contribution in [0.3, 0.4) is 0 Å². The van der Waals surface area contributed by atoms with Crippen molar-refractivity contribution in [3.8, 4) is 5.88 Å². The van der Waals surface area contributed by atoms with Gasteiger partial charge in [-0.1, -0.05) is 0 Å². The van der Waals surface area contributed by atoms with E-state index < -0.39 is 0 Å². The molecule has 0 atom stereocenters. The summed E-state index contributed by atoms with van der Waals surface area (Å²) in [5.41, 5.74) is 1.52. The molecule has 0 bridgehead atoms. The molecule has 2 N–H and O–H groups in total. The maximum atomic E-state index is 12.4. The van der Waals surface area contributed by atoms with Crippen molar-refractivity contribution in [1.29, 1.82) is 0 Å². The van der Waals surface area contributed by atoms with E-state index in [-0.39, 0.29) is 23.5 Å². The molecule has 7 heteroatoms. The number of carbonyl (C=O) groups is 2.